The maximum Gasteiger partial charge on any atom is 0.334 e. The molecule has 7 heteroatoms. The number of thioether (sulfide) groups is 2. The Morgan fingerprint density at radius 3 is 2.72 bits per heavy atom. The van der Waals surface area contributed by atoms with E-state index in [0.717, 1.165) is 25.4 Å². The smallest absolute Gasteiger partial charge is 0.334 e. The van der Waals surface area contributed by atoms with Crippen molar-refractivity contribution in [1.82, 2.24) is 9.80 Å². The Bertz CT molecular complexity index is 522. The number of esters is 1. The van der Waals surface area contributed by atoms with E-state index in [1.54, 1.807) is 28.4 Å². The first-order chi connectivity index (χ1) is 11.8. The number of rotatable bonds is 10. The predicted octanol–water partition coefficient (Wildman–Crippen LogP) is 2.61. The van der Waals surface area contributed by atoms with Crippen molar-refractivity contribution in [3.05, 3.63) is 12.7 Å². The lowest BCUT2D eigenvalue weighted by Gasteiger charge is -2.47. The van der Waals surface area contributed by atoms with Gasteiger partial charge in [0.2, 0.25) is 5.91 Å². The normalized spacial score (nSPS) is 27.2. The summed E-state index contributed by atoms with van der Waals surface area (Å²) < 4.78 is 5.33. The van der Waals surface area contributed by atoms with E-state index in [0.29, 0.717) is 18.8 Å². The van der Waals surface area contributed by atoms with Crippen LogP contribution in [0.1, 0.15) is 34.1 Å². The van der Waals surface area contributed by atoms with Gasteiger partial charge in [-0.3, -0.25) is 4.79 Å². The summed E-state index contributed by atoms with van der Waals surface area (Å²) in [5.74, 6) is 1.10. The van der Waals surface area contributed by atoms with Crippen LogP contribution in [-0.2, 0) is 14.3 Å². The Balaban J connectivity index is 2.15. The van der Waals surface area contributed by atoms with Crippen molar-refractivity contribution in [1.29, 1.82) is 0 Å². The number of amides is 1. The molecule has 0 saturated carbocycles. The van der Waals surface area contributed by atoms with E-state index in [9.17, 15) is 9.59 Å². The van der Waals surface area contributed by atoms with Gasteiger partial charge in [0.05, 0.1) is 11.8 Å². The van der Waals surface area contributed by atoms with Crippen molar-refractivity contribution in [2.75, 3.05) is 37.7 Å². The van der Waals surface area contributed by atoms with Crippen LogP contribution in [-0.4, -0.2) is 75.1 Å². The second-order valence-corrected chi connectivity index (χ2v) is 9.71. The van der Waals surface area contributed by atoms with Crippen LogP contribution >= 0.6 is 23.5 Å². The van der Waals surface area contributed by atoms with Crippen LogP contribution in [0.2, 0.25) is 0 Å². The monoisotopic (exact) mass is 386 g/mol. The van der Waals surface area contributed by atoms with Gasteiger partial charge in [-0.05, 0) is 26.9 Å². The van der Waals surface area contributed by atoms with Crippen LogP contribution in [0.5, 0.6) is 0 Å². The zero-order valence-corrected chi connectivity index (χ0v) is 17.4. The number of hydrogen-bond donors (Lipinski definition) is 0. The Morgan fingerprint density at radius 1 is 1.48 bits per heavy atom. The average Bonchev–Trinajstić information content (AvgIpc) is 2.75. The van der Waals surface area contributed by atoms with Gasteiger partial charge in [-0.25, -0.2) is 4.79 Å². The minimum absolute atomic E-state index is 0.0583. The minimum Gasteiger partial charge on any atom is -0.463 e. The summed E-state index contributed by atoms with van der Waals surface area (Å²) in [6, 6.07) is 0. The summed E-state index contributed by atoms with van der Waals surface area (Å²) in [4.78, 5) is 29.5. The summed E-state index contributed by atoms with van der Waals surface area (Å²) in [6.45, 7) is 15.0. The molecule has 2 heterocycles. The van der Waals surface area contributed by atoms with Crippen molar-refractivity contribution < 1.29 is 14.3 Å². The number of β-lactam (4-membered cyclic amide) rings is 1. The van der Waals surface area contributed by atoms with Gasteiger partial charge < -0.3 is 14.5 Å². The lowest BCUT2D eigenvalue weighted by molar-refractivity contribution is -0.170. The quantitative estimate of drug-likeness (QED) is 0.249. The van der Waals surface area contributed by atoms with E-state index in [1.807, 2.05) is 6.08 Å². The molecule has 0 aromatic carbocycles. The number of fused-ring (bicyclic) bond motifs is 1. The molecule has 2 saturated heterocycles. The first-order valence-electron chi connectivity index (χ1n) is 8.92. The summed E-state index contributed by atoms with van der Waals surface area (Å²) in [5, 5.41) is 0.0992. The zero-order chi connectivity index (χ0) is 18.7. The van der Waals surface area contributed by atoms with Crippen molar-refractivity contribution in [2.24, 2.45) is 0 Å². The summed E-state index contributed by atoms with van der Waals surface area (Å²) >= 11 is 3.35. The minimum atomic E-state index is -0.894. The van der Waals surface area contributed by atoms with E-state index in [4.69, 9.17) is 4.74 Å². The molecule has 0 spiro atoms. The molecule has 0 bridgehead atoms. The number of hydrogen-bond acceptors (Lipinski definition) is 6. The zero-order valence-electron chi connectivity index (χ0n) is 15.7. The van der Waals surface area contributed by atoms with Crippen molar-refractivity contribution in [3.63, 3.8) is 0 Å². The Labute approximate surface area is 159 Å². The van der Waals surface area contributed by atoms with Crippen LogP contribution < -0.4 is 0 Å². The Hall–Kier alpha value is -0.660. The third kappa shape index (κ3) is 3.74. The standard InChI is InChI=1S/C18H30N2O3S2/c1-6-11-24-13-18(16(22)23-10-9-19(7-2)8-3)17(4,5)25-15-12-14(21)20(15)18/h6,15H,1,7-13H2,2-5H3/t15-,18+/m1/s1. The van der Waals surface area contributed by atoms with Gasteiger partial charge in [-0.15, -0.1) is 18.3 Å². The van der Waals surface area contributed by atoms with Crippen LogP contribution in [0.15, 0.2) is 12.7 Å². The molecule has 142 valence electrons. The second kappa shape index (κ2) is 8.35. The number of nitrogens with zero attached hydrogens (tertiary/aromatic N) is 2. The molecule has 2 fully saturated rings. The number of ether oxygens (including phenoxy) is 1. The van der Waals surface area contributed by atoms with Crippen LogP contribution in [0.4, 0.5) is 0 Å². The van der Waals surface area contributed by atoms with Crippen molar-refractivity contribution >= 4 is 35.4 Å². The van der Waals surface area contributed by atoms with Gasteiger partial charge in [0.15, 0.2) is 5.54 Å². The fraction of sp³-hybridized carbons (Fsp3) is 0.778. The van der Waals surface area contributed by atoms with Gasteiger partial charge >= 0.3 is 5.97 Å². The molecule has 2 aliphatic rings. The van der Waals surface area contributed by atoms with E-state index < -0.39 is 5.54 Å². The molecule has 1 amide bonds. The molecular weight excluding hydrogens is 356 g/mol. The van der Waals surface area contributed by atoms with E-state index >= 15 is 0 Å². The number of likely N-dealkylation sites (N-methyl/N-ethyl adjacent to an activating group) is 1. The molecule has 25 heavy (non-hydrogen) atoms. The largest absolute Gasteiger partial charge is 0.463 e. The Morgan fingerprint density at radius 2 is 2.16 bits per heavy atom. The van der Waals surface area contributed by atoms with E-state index in [-0.39, 0.29) is 22.0 Å². The molecule has 0 aromatic rings. The molecule has 0 aliphatic carbocycles. The van der Waals surface area contributed by atoms with Gasteiger partial charge in [-0.1, -0.05) is 19.9 Å². The maximum atomic E-state index is 13.2. The van der Waals surface area contributed by atoms with Gasteiger partial charge in [-0.2, -0.15) is 11.8 Å². The molecule has 0 radical (unpaired) electrons. The molecule has 0 aromatic heterocycles. The maximum absolute atomic E-state index is 13.2. The van der Waals surface area contributed by atoms with Crippen LogP contribution in [0, 0.1) is 0 Å². The molecular formula is C18H30N2O3S2. The molecule has 2 rings (SSSR count). The molecule has 5 nitrogen and oxygen atoms in total. The molecule has 2 atom stereocenters. The molecule has 0 unspecified atom stereocenters. The lowest BCUT2D eigenvalue weighted by atomic mass is 9.83. The summed E-state index contributed by atoms with van der Waals surface area (Å²) in [6.07, 6.45) is 2.35. The van der Waals surface area contributed by atoms with Crippen LogP contribution in [0.25, 0.3) is 0 Å². The Kier molecular flexibility index (Phi) is 6.90. The molecule has 0 N–H and O–H groups in total. The third-order valence-corrected chi connectivity index (χ3v) is 7.83. The average molecular weight is 387 g/mol. The van der Waals surface area contributed by atoms with Crippen molar-refractivity contribution in [2.45, 2.75) is 49.8 Å². The SMILES string of the molecule is C=CCSC[C@@]1(C(=O)OCCN(CC)CC)N2C(=O)C[C@H]2SC1(C)C. The lowest BCUT2D eigenvalue weighted by Crippen LogP contribution is -2.69. The number of carbonyl (C=O) groups excluding carboxylic acids is 2. The van der Waals surface area contributed by atoms with Gasteiger partial charge in [0.1, 0.15) is 6.61 Å². The third-order valence-electron chi connectivity index (χ3n) is 5.16. The first kappa shape index (κ1) is 20.6. The highest BCUT2D eigenvalue weighted by atomic mass is 32.2. The van der Waals surface area contributed by atoms with Gasteiger partial charge in [0, 0.05) is 22.8 Å². The van der Waals surface area contributed by atoms with E-state index in [2.05, 4.69) is 39.2 Å². The highest BCUT2D eigenvalue weighted by Gasteiger charge is 2.69. The van der Waals surface area contributed by atoms with Gasteiger partial charge in [0.25, 0.3) is 0 Å². The predicted molar refractivity (Wildman–Crippen MR) is 106 cm³/mol. The topological polar surface area (TPSA) is 49.9 Å². The second-order valence-electron chi connectivity index (χ2n) is 6.88. The van der Waals surface area contributed by atoms with Crippen molar-refractivity contribution in [3.8, 4) is 0 Å². The highest BCUT2D eigenvalue weighted by Crippen LogP contribution is 2.58. The van der Waals surface area contributed by atoms with Crippen LogP contribution in [0.3, 0.4) is 0 Å². The van der Waals surface area contributed by atoms with E-state index in [1.165, 1.54) is 0 Å². The number of carbonyl (C=O) groups is 2. The highest BCUT2D eigenvalue weighted by molar-refractivity contribution is 8.02. The molecule has 2 aliphatic heterocycles. The fourth-order valence-corrected chi connectivity index (χ4v) is 6.58. The first-order valence-corrected chi connectivity index (χ1v) is 11.0. The fourth-order valence-electron chi connectivity index (χ4n) is 3.53. The summed E-state index contributed by atoms with van der Waals surface area (Å²) in [5.41, 5.74) is -0.894. The summed E-state index contributed by atoms with van der Waals surface area (Å²) in [7, 11) is 0.